The van der Waals surface area contributed by atoms with Crippen LogP contribution in [-0.4, -0.2) is 24.0 Å². The summed E-state index contributed by atoms with van der Waals surface area (Å²) in [6, 6.07) is 11.5. The van der Waals surface area contributed by atoms with Crippen LogP contribution in [-0.2, 0) is 16.1 Å². The van der Waals surface area contributed by atoms with Crippen molar-refractivity contribution in [1.82, 2.24) is 4.98 Å². The molecule has 0 saturated carbocycles. The minimum Gasteiger partial charge on any atom is -0.465 e. The van der Waals surface area contributed by atoms with Gasteiger partial charge in [-0.3, -0.25) is 4.98 Å². The first kappa shape index (κ1) is 13.7. The third-order valence-electron chi connectivity index (χ3n) is 2.60. The van der Waals surface area contributed by atoms with Crippen LogP contribution in [0.5, 0.6) is 0 Å². The lowest BCUT2D eigenvalue weighted by Gasteiger charge is -2.05. The number of rotatable bonds is 4. The van der Waals surface area contributed by atoms with Crippen LogP contribution >= 0.6 is 0 Å². The quantitative estimate of drug-likeness (QED) is 0.798. The summed E-state index contributed by atoms with van der Waals surface area (Å²) >= 11 is 0. The molecule has 0 saturated heterocycles. The van der Waals surface area contributed by atoms with Gasteiger partial charge in [0.25, 0.3) is 0 Å². The highest BCUT2D eigenvalue weighted by molar-refractivity contribution is 5.95. The molecule has 5 nitrogen and oxygen atoms in total. The standard InChI is InChI=1S/C15H13NO4/c1-19-14(17)11-5-4-6-12(9-11)15(18)20-10-13-7-2-3-8-16-13/h2-9H,10H2,1H3. The van der Waals surface area contributed by atoms with Gasteiger partial charge in [0.15, 0.2) is 0 Å². The van der Waals surface area contributed by atoms with Crippen LogP contribution in [0.4, 0.5) is 0 Å². The molecule has 1 aromatic heterocycles. The summed E-state index contributed by atoms with van der Waals surface area (Å²) in [5, 5.41) is 0. The van der Waals surface area contributed by atoms with Crippen LogP contribution in [0.2, 0.25) is 0 Å². The molecule has 0 bridgehead atoms. The third-order valence-corrected chi connectivity index (χ3v) is 2.60. The smallest absolute Gasteiger partial charge is 0.338 e. The molecule has 0 aliphatic rings. The molecular weight excluding hydrogens is 258 g/mol. The third kappa shape index (κ3) is 3.41. The summed E-state index contributed by atoms with van der Waals surface area (Å²) in [4.78, 5) is 27.3. The van der Waals surface area contributed by atoms with E-state index in [9.17, 15) is 9.59 Å². The van der Waals surface area contributed by atoms with Crippen molar-refractivity contribution in [2.75, 3.05) is 7.11 Å². The van der Waals surface area contributed by atoms with Gasteiger partial charge in [-0.15, -0.1) is 0 Å². The van der Waals surface area contributed by atoms with Crippen molar-refractivity contribution in [1.29, 1.82) is 0 Å². The molecule has 5 heteroatoms. The number of aromatic nitrogens is 1. The van der Waals surface area contributed by atoms with Gasteiger partial charge in [-0.05, 0) is 30.3 Å². The summed E-state index contributed by atoms with van der Waals surface area (Å²) in [6.45, 7) is 0.0854. The normalized spacial score (nSPS) is 9.85. The molecule has 0 N–H and O–H groups in total. The second-order valence-electron chi connectivity index (χ2n) is 3.97. The maximum absolute atomic E-state index is 11.9. The Morgan fingerprint density at radius 2 is 1.80 bits per heavy atom. The Balaban J connectivity index is 2.04. The van der Waals surface area contributed by atoms with Crippen molar-refractivity contribution in [3.63, 3.8) is 0 Å². The second kappa shape index (κ2) is 6.47. The van der Waals surface area contributed by atoms with Crippen LogP contribution in [0.25, 0.3) is 0 Å². The lowest BCUT2D eigenvalue weighted by Crippen LogP contribution is -2.08. The predicted molar refractivity (Wildman–Crippen MR) is 71.1 cm³/mol. The van der Waals surface area contributed by atoms with Crippen LogP contribution in [0, 0.1) is 0 Å². The van der Waals surface area contributed by atoms with Gasteiger partial charge in [-0.1, -0.05) is 12.1 Å². The molecule has 0 spiro atoms. The summed E-state index contributed by atoms with van der Waals surface area (Å²) in [6.07, 6.45) is 1.63. The molecule has 0 aliphatic carbocycles. The Hall–Kier alpha value is -2.69. The molecule has 0 fully saturated rings. The number of hydrogen-bond donors (Lipinski definition) is 0. The Labute approximate surface area is 116 Å². The molecule has 2 rings (SSSR count). The Bertz CT molecular complexity index is 610. The number of ether oxygens (including phenoxy) is 2. The van der Waals surface area contributed by atoms with Crippen LogP contribution in [0.1, 0.15) is 26.4 Å². The number of benzene rings is 1. The van der Waals surface area contributed by atoms with Gasteiger partial charge >= 0.3 is 11.9 Å². The van der Waals surface area contributed by atoms with Gasteiger partial charge in [0.05, 0.1) is 23.9 Å². The van der Waals surface area contributed by atoms with E-state index in [2.05, 4.69) is 9.72 Å². The first-order valence-corrected chi connectivity index (χ1v) is 5.96. The minimum atomic E-state index is -0.513. The van der Waals surface area contributed by atoms with Crippen molar-refractivity contribution >= 4 is 11.9 Å². The highest BCUT2D eigenvalue weighted by atomic mass is 16.5. The summed E-state index contributed by atoms with van der Waals surface area (Å²) < 4.78 is 9.73. The molecule has 0 amide bonds. The molecule has 1 heterocycles. The van der Waals surface area contributed by atoms with Gasteiger partial charge in [-0.2, -0.15) is 0 Å². The van der Waals surface area contributed by atoms with Crippen molar-refractivity contribution < 1.29 is 19.1 Å². The van der Waals surface area contributed by atoms with Gasteiger partial charge in [0, 0.05) is 6.20 Å². The number of hydrogen-bond acceptors (Lipinski definition) is 5. The number of carbonyl (C=O) groups is 2. The molecule has 1 aromatic carbocycles. The fourth-order valence-electron chi connectivity index (χ4n) is 1.60. The van der Waals surface area contributed by atoms with E-state index in [1.54, 1.807) is 36.5 Å². The van der Waals surface area contributed by atoms with Crippen molar-refractivity contribution in [2.45, 2.75) is 6.61 Å². The van der Waals surface area contributed by atoms with Crippen LogP contribution in [0.15, 0.2) is 48.7 Å². The number of nitrogens with zero attached hydrogens (tertiary/aromatic N) is 1. The van der Waals surface area contributed by atoms with E-state index in [1.165, 1.54) is 13.2 Å². The van der Waals surface area contributed by atoms with Gasteiger partial charge in [0.1, 0.15) is 6.61 Å². The zero-order valence-electron chi connectivity index (χ0n) is 10.9. The average molecular weight is 271 g/mol. The maximum atomic E-state index is 11.9. The minimum absolute atomic E-state index is 0.0854. The SMILES string of the molecule is COC(=O)c1cccc(C(=O)OCc2ccccn2)c1. The summed E-state index contributed by atoms with van der Waals surface area (Å²) in [5.74, 6) is -1.01. The first-order valence-electron chi connectivity index (χ1n) is 5.96. The Morgan fingerprint density at radius 3 is 2.45 bits per heavy atom. The monoisotopic (exact) mass is 271 g/mol. The largest absolute Gasteiger partial charge is 0.465 e. The van der Waals surface area contributed by atoms with E-state index in [4.69, 9.17) is 4.74 Å². The molecule has 20 heavy (non-hydrogen) atoms. The number of esters is 2. The van der Waals surface area contributed by atoms with Gasteiger partial charge in [-0.25, -0.2) is 9.59 Å². The summed E-state index contributed by atoms with van der Waals surface area (Å²) in [7, 11) is 1.29. The molecule has 0 unspecified atom stereocenters. The highest BCUT2D eigenvalue weighted by Crippen LogP contribution is 2.09. The molecule has 2 aromatic rings. The van der Waals surface area contributed by atoms with E-state index >= 15 is 0 Å². The maximum Gasteiger partial charge on any atom is 0.338 e. The fraction of sp³-hybridized carbons (Fsp3) is 0.133. The molecule has 0 atom stereocenters. The van der Waals surface area contributed by atoms with E-state index in [0.29, 0.717) is 16.8 Å². The lowest BCUT2D eigenvalue weighted by molar-refractivity contribution is 0.0467. The van der Waals surface area contributed by atoms with Crippen LogP contribution < -0.4 is 0 Å². The fourth-order valence-corrected chi connectivity index (χ4v) is 1.60. The number of methoxy groups -OCH3 is 1. The Morgan fingerprint density at radius 1 is 1.05 bits per heavy atom. The topological polar surface area (TPSA) is 65.5 Å². The van der Waals surface area contributed by atoms with Gasteiger partial charge < -0.3 is 9.47 Å². The molecular formula is C15H13NO4. The highest BCUT2D eigenvalue weighted by Gasteiger charge is 2.11. The zero-order valence-corrected chi connectivity index (χ0v) is 10.9. The van der Waals surface area contributed by atoms with E-state index in [0.717, 1.165) is 0 Å². The predicted octanol–water partition coefficient (Wildman–Crippen LogP) is 2.23. The van der Waals surface area contributed by atoms with Crippen LogP contribution in [0.3, 0.4) is 0 Å². The molecule has 0 aliphatic heterocycles. The van der Waals surface area contributed by atoms with Crippen molar-refractivity contribution in [3.8, 4) is 0 Å². The number of carbonyl (C=O) groups excluding carboxylic acids is 2. The first-order chi connectivity index (χ1) is 9.70. The van der Waals surface area contributed by atoms with Crippen molar-refractivity contribution in [2.24, 2.45) is 0 Å². The zero-order chi connectivity index (χ0) is 14.4. The summed E-state index contributed by atoms with van der Waals surface area (Å²) in [5.41, 5.74) is 1.26. The molecule has 102 valence electrons. The Kier molecular flexibility index (Phi) is 4.44. The van der Waals surface area contributed by atoms with E-state index in [-0.39, 0.29) is 6.61 Å². The van der Waals surface area contributed by atoms with Gasteiger partial charge in [0.2, 0.25) is 0 Å². The number of pyridine rings is 1. The van der Waals surface area contributed by atoms with Crippen molar-refractivity contribution in [3.05, 3.63) is 65.5 Å². The average Bonchev–Trinajstić information content (AvgIpc) is 2.53. The lowest BCUT2D eigenvalue weighted by atomic mass is 10.1. The second-order valence-corrected chi connectivity index (χ2v) is 3.97. The van der Waals surface area contributed by atoms with E-state index in [1.807, 2.05) is 6.07 Å². The van der Waals surface area contributed by atoms with E-state index < -0.39 is 11.9 Å². The molecule has 0 radical (unpaired) electrons.